The first kappa shape index (κ1) is 11.6. The Morgan fingerprint density at radius 1 is 0.824 bits per heavy atom. The van der Waals surface area contributed by atoms with Crippen LogP contribution in [0, 0.1) is 11.8 Å². The number of nitrogens with zero attached hydrogens (tertiary/aromatic N) is 1. The summed E-state index contributed by atoms with van der Waals surface area (Å²) < 4.78 is 0. The topological polar surface area (TPSA) is 21.6 Å². The van der Waals surface area contributed by atoms with Gasteiger partial charge in [-0.05, 0) is 31.6 Å². The molecule has 2 saturated carbocycles. The minimum Gasteiger partial charge on any atom is -0.392 e. The summed E-state index contributed by atoms with van der Waals surface area (Å²) >= 11 is 0. The van der Waals surface area contributed by atoms with E-state index in [1.165, 1.54) is 69.9 Å². The minimum atomic E-state index is 0.437. The first-order valence-electron chi connectivity index (χ1n) is 7.66. The molecule has 2 nitrogen and oxygen atoms in total. The number of hydrogen-bond donors (Lipinski definition) is 0. The van der Waals surface area contributed by atoms with Gasteiger partial charge < -0.3 is 4.84 Å². The highest BCUT2D eigenvalue weighted by Crippen LogP contribution is 2.35. The molecule has 1 heterocycles. The highest BCUT2D eigenvalue weighted by molar-refractivity contribution is 5.87. The van der Waals surface area contributed by atoms with Crippen molar-refractivity contribution in [3.05, 3.63) is 0 Å². The summed E-state index contributed by atoms with van der Waals surface area (Å²) in [4.78, 5) is 5.75. The van der Waals surface area contributed by atoms with Crippen LogP contribution >= 0.6 is 0 Å². The molecule has 0 aromatic carbocycles. The second-order valence-corrected chi connectivity index (χ2v) is 6.16. The molecule has 96 valence electrons. The van der Waals surface area contributed by atoms with Crippen LogP contribution in [0.5, 0.6) is 0 Å². The lowest BCUT2D eigenvalue weighted by atomic mass is 9.80. The Morgan fingerprint density at radius 3 is 2.18 bits per heavy atom. The summed E-state index contributed by atoms with van der Waals surface area (Å²) in [7, 11) is 0. The van der Waals surface area contributed by atoms with Crippen LogP contribution in [0.3, 0.4) is 0 Å². The van der Waals surface area contributed by atoms with Crippen molar-refractivity contribution in [3.63, 3.8) is 0 Å². The third-order valence-corrected chi connectivity index (χ3v) is 4.97. The van der Waals surface area contributed by atoms with E-state index in [0.717, 1.165) is 18.3 Å². The Kier molecular flexibility index (Phi) is 3.68. The van der Waals surface area contributed by atoms with Crippen LogP contribution < -0.4 is 0 Å². The smallest absolute Gasteiger partial charge is 0.135 e. The molecule has 0 N–H and O–H groups in total. The predicted octanol–water partition coefficient (Wildman–Crippen LogP) is 4.29. The molecule has 3 aliphatic rings. The van der Waals surface area contributed by atoms with Crippen LogP contribution in [-0.4, -0.2) is 11.8 Å². The summed E-state index contributed by atoms with van der Waals surface area (Å²) in [6.45, 7) is 0. The number of oxime groups is 1. The summed E-state index contributed by atoms with van der Waals surface area (Å²) in [5.74, 6) is 1.56. The van der Waals surface area contributed by atoms with Gasteiger partial charge >= 0.3 is 0 Å². The van der Waals surface area contributed by atoms with Crippen molar-refractivity contribution in [3.8, 4) is 0 Å². The van der Waals surface area contributed by atoms with Gasteiger partial charge in [-0.2, -0.15) is 0 Å². The Balaban J connectivity index is 1.52. The van der Waals surface area contributed by atoms with Gasteiger partial charge in [-0.1, -0.05) is 43.7 Å². The van der Waals surface area contributed by atoms with Crippen molar-refractivity contribution < 1.29 is 4.84 Å². The average Bonchev–Trinajstić information content (AvgIpc) is 2.90. The molecule has 2 fully saturated rings. The molecule has 0 saturated heterocycles. The lowest BCUT2D eigenvalue weighted by Crippen LogP contribution is -2.25. The van der Waals surface area contributed by atoms with Gasteiger partial charge in [0.25, 0.3) is 0 Å². The SMILES string of the molecule is C1CCC(C2=NOC(C3CCCCC3)C2)CC1. The van der Waals surface area contributed by atoms with Crippen molar-refractivity contribution in [1.82, 2.24) is 0 Å². The molecule has 1 atom stereocenters. The Morgan fingerprint density at radius 2 is 1.47 bits per heavy atom. The fourth-order valence-corrected chi connectivity index (χ4v) is 3.85. The Bertz CT molecular complexity index is 275. The fourth-order valence-electron chi connectivity index (χ4n) is 3.85. The molecule has 0 spiro atoms. The van der Waals surface area contributed by atoms with E-state index < -0.39 is 0 Å². The summed E-state index contributed by atoms with van der Waals surface area (Å²) in [5.41, 5.74) is 1.40. The van der Waals surface area contributed by atoms with Crippen molar-refractivity contribution in [2.45, 2.75) is 76.7 Å². The minimum absolute atomic E-state index is 0.437. The second kappa shape index (κ2) is 5.41. The molecule has 0 amide bonds. The van der Waals surface area contributed by atoms with Crippen molar-refractivity contribution in [2.24, 2.45) is 17.0 Å². The lowest BCUT2D eigenvalue weighted by Gasteiger charge is -2.26. The third kappa shape index (κ3) is 2.66. The molecule has 0 aromatic rings. The molecule has 1 aliphatic heterocycles. The normalized spacial score (nSPS) is 32.2. The van der Waals surface area contributed by atoms with Gasteiger partial charge in [0.2, 0.25) is 0 Å². The maximum atomic E-state index is 5.75. The zero-order chi connectivity index (χ0) is 11.5. The zero-order valence-corrected chi connectivity index (χ0v) is 10.9. The Labute approximate surface area is 105 Å². The largest absolute Gasteiger partial charge is 0.392 e. The highest BCUT2D eigenvalue weighted by Gasteiger charge is 2.33. The van der Waals surface area contributed by atoms with Gasteiger partial charge in [0.15, 0.2) is 0 Å². The van der Waals surface area contributed by atoms with E-state index in [1.807, 2.05) is 0 Å². The summed E-state index contributed by atoms with van der Waals surface area (Å²) in [5, 5.41) is 4.43. The monoisotopic (exact) mass is 235 g/mol. The van der Waals surface area contributed by atoms with Crippen molar-refractivity contribution >= 4 is 5.71 Å². The predicted molar refractivity (Wildman–Crippen MR) is 70.1 cm³/mol. The molecule has 2 aliphatic carbocycles. The number of hydrogen-bond acceptors (Lipinski definition) is 2. The Hall–Kier alpha value is -0.530. The van der Waals surface area contributed by atoms with Crippen LogP contribution in [0.4, 0.5) is 0 Å². The first-order chi connectivity index (χ1) is 8.43. The van der Waals surface area contributed by atoms with E-state index in [-0.39, 0.29) is 0 Å². The average molecular weight is 235 g/mol. The van der Waals surface area contributed by atoms with E-state index in [1.54, 1.807) is 0 Å². The van der Waals surface area contributed by atoms with E-state index >= 15 is 0 Å². The molecule has 17 heavy (non-hydrogen) atoms. The molecule has 2 heteroatoms. The first-order valence-corrected chi connectivity index (χ1v) is 7.66. The maximum absolute atomic E-state index is 5.75. The highest BCUT2D eigenvalue weighted by atomic mass is 16.6. The van der Waals surface area contributed by atoms with Crippen LogP contribution in [0.1, 0.15) is 70.6 Å². The van der Waals surface area contributed by atoms with E-state index in [9.17, 15) is 0 Å². The molecule has 3 rings (SSSR count). The van der Waals surface area contributed by atoms with Crippen LogP contribution in [0.25, 0.3) is 0 Å². The fraction of sp³-hybridized carbons (Fsp3) is 0.933. The third-order valence-electron chi connectivity index (χ3n) is 4.97. The van der Waals surface area contributed by atoms with Gasteiger partial charge in [-0.25, -0.2) is 0 Å². The van der Waals surface area contributed by atoms with Gasteiger partial charge in [0, 0.05) is 12.3 Å². The van der Waals surface area contributed by atoms with Gasteiger partial charge in [-0.3, -0.25) is 0 Å². The van der Waals surface area contributed by atoms with E-state index in [2.05, 4.69) is 5.16 Å². The standard InChI is InChI=1S/C15H25NO/c1-3-7-12(8-4-1)14-11-15(17-16-14)13-9-5-2-6-10-13/h12-13,15H,1-11H2. The molecular formula is C15H25NO. The van der Waals surface area contributed by atoms with Crippen LogP contribution in [0.2, 0.25) is 0 Å². The molecule has 0 aromatic heterocycles. The quantitative estimate of drug-likeness (QED) is 0.699. The van der Waals surface area contributed by atoms with Gasteiger partial charge in [0.1, 0.15) is 6.10 Å². The van der Waals surface area contributed by atoms with Crippen LogP contribution in [-0.2, 0) is 4.84 Å². The maximum Gasteiger partial charge on any atom is 0.135 e. The van der Waals surface area contributed by atoms with Gasteiger partial charge in [-0.15, -0.1) is 0 Å². The number of rotatable bonds is 2. The molecule has 0 bridgehead atoms. The zero-order valence-electron chi connectivity index (χ0n) is 10.9. The lowest BCUT2D eigenvalue weighted by molar-refractivity contribution is 0.0268. The molecular weight excluding hydrogens is 210 g/mol. The second-order valence-electron chi connectivity index (χ2n) is 6.16. The molecule has 1 unspecified atom stereocenters. The van der Waals surface area contributed by atoms with Gasteiger partial charge in [0.05, 0.1) is 5.71 Å². The van der Waals surface area contributed by atoms with E-state index in [4.69, 9.17) is 4.84 Å². The summed E-state index contributed by atoms with van der Waals surface area (Å²) in [6.07, 6.45) is 15.5. The van der Waals surface area contributed by atoms with Crippen LogP contribution in [0.15, 0.2) is 5.16 Å². The van der Waals surface area contributed by atoms with Crippen molar-refractivity contribution in [1.29, 1.82) is 0 Å². The van der Waals surface area contributed by atoms with Crippen molar-refractivity contribution in [2.75, 3.05) is 0 Å². The summed E-state index contributed by atoms with van der Waals surface area (Å²) in [6, 6.07) is 0. The van der Waals surface area contributed by atoms with E-state index in [0.29, 0.717) is 6.10 Å². The molecule has 0 radical (unpaired) electrons.